The highest BCUT2D eigenvalue weighted by Crippen LogP contribution is 2.44. The summed E-state index contributed by atoms with van der Waals surface area (Å²) in [7, 11) is 0. The molecule has 0 atom stereocenters. The Bertz CT molecular complexity index is 2780. The van der Waals surface area contributed by atoms with Gasteiger partial charge in [-0.15, -0.1) is 0 Å². The number of hydrogen-bond donors (Lipinski definition) is 0. The van der Waals surface area contributed by atoms with E-state index in [-0.39, 0.29) is 0 Å². The van der Waals surface area contributed by atoms with E-state index in [0.29, 0.717) is 0 Å². The number of hydrogen-bond acceptors (Lipinski definition) is 1. The Morgan fingerprint density at radius 2 is 0.766 bits per heavy atom. The van der Waals surface area contributed by atoms with E-state index in [1.54, 1.807) is 0 Å². The van der Waals surface area contributed by atoms with Crippen LogP contribution in [0.4, 0.5) is 0 Å². The Kier molecular flexibility index (Phi) is 5.64. The van der Waals surface area contributed by atoms with E-state index in [0.717, 1.165) is 32.9 Å². The molecule has 0 aliphatic heterocycles. The maximum atomic E-state index is 6.49. The lowest BCUT2D eigenvalue weighted by molar-refractivity contribution is 0.673. The van der Waals surface area contributed by atoms with Crippen LogP contribution >= 0.6 is 0 Å². The predicted octanol–water partition coefficient (Wildman–Crippen LogP) is 13.2. The van der Waals surface area contributed by atoms with Gasteiger partial charge in [-0.25, -0.2) is 0 Å². The molecule has 0 N–H and O–H groups in total. The summed E-state index contributed by atoms with van der Waals surface area (Å²) in [6.07, 6.45) is 0. The zero-order valence-electron chi connectivity index (χ0n) is 25.6. The van der Waals surface area contributed by atoms with Crippen molar-refractivity contribution >= 4 is 65.0 Å². The molecule has 0 aliphatic rings. The summed E-state index contributed by atoms with van der Waals surface area (Å²) in [5.74, 6) is 0. The summed E-state index contributed by atoms with van der Waals surface area (Å²) in [5.41, 5.74) is 9.20. The van der Waals surface area contributed by atoms with Gasteiger partial charge in [0.25, 0.3) is 0 Å². The quantitative estimate of drug-likeness (QED) is 0.185. The fourth-order valence-corrected chi connectivity index (χ4v) is 7.61. The number of fused-ring (bicyclic) bond motifs is 8. The molecule has 0 fully saturated rings. The molecule has 0 saturated heterocycles. The van der Waals surface area contributed by atoms with Gasteiger partial charge in [-0.3, -0.25) is 0 Å². The molecular weight excluding hydrogens is 569 g/mol. The molecule has 10 aromatic rings. The Morgan fingerprint density at radius 3 is 1.47 bits per heavy atom. The van der Waals surface area contributed by atoms with Crippen molar-refractivity contribution in [3.63, 3.8) is 0 Å². The van der Waals surface area contributed by atoms with Gasteiger partial charge in [0, 0.05) is 16.2 Å². The van der Waals surface area contributed by atoms with Crippen molar-refractivity contribution in [3.05, 3.63) is 170 Å². The Hall–Kier alpha value is -6.18. The van der Waals surface area contributed by atoms with Crippen molar-refractivity contribution < 1.29 is 4.42 Å². The minimum absolute atomic E-state index is 0.916. The molecule has 1 aromatic heterocycles. The van der Waals surface area contributed by atoms with Crippen LogP contribution in [-0.2, 0) is 0 Å². The summed E-state index contributed by atoms with van der Waals surface area (Å²) >= 11 is 0. The summed E-state index contributed by atoms with van der Waals surface area (Å²) in [4.78, 5) is 0. The van der Waals surface area contributed by atoms with Gasteiger partial charge >= 0.3 is 0 Å². The van der Waals surface area contributed by atoms with E-state index in [2.05, 4.69) is 170 Å². The minimum Gasteiger partial charge on any atom is -0.455 e. The van der Waals surface area contributed by atoms with E-state index in [9.17, 15) is 0 Å². The van der Waals surface area contributed by atoms with Crippen LogP contribution in [0.15, 0.2) is 174 Å². The third kappa shape index (κ3) is 4.03. The predicted molar refractivity (Wildman–Crippen MR) is 200 cm³/mol. The highest BCUT2D eigenvalue weighted by molar-refractivity contribution is 6.22. The molecule has 1 heterocycles. The second-order valence-electron chi connectivity index (χ2n) is 12.5. The van der Waals surface area contributed by atoms with Crippen LogP contribution in [0.25, 0.3) is 98.4 Å². The maximum Gasteiger partial charge on any atom is 0.143 e. The van der Waals surface area contributed by atoms with E-state index >= 15 is 0 Å². The van der Waals surface area contributed by atoms with E-state index < -0.39 is 0 Å². The summed E-state index contributed by atoms with van der Waals surface area (Å²) in [5, 5.41) is 12.2. The Balaban J connectivity index is 1.12. The summed E-state index contributed by atoms with van der Waals surface area (Å²) in [6, 6.07) is 61.6. The van der Waals surface area contributed by atoms with E-state index in [1.807, 2.05) is 0 Å². The molecule has 0 unspecified atom stereocenters. The molecule has 1 nitrogen and oxygen atoms in total. The Labute approximate surface area is 271 Å². The Morgan fingerprint density at radius 1 is 0.277 bits per heavy atom. The molecule has 10 rings (SSSR count). The summed E-state index contributed by atoms with van der Waals surface area (Å²) < 4.78 is 6.49. The molecule has 47 heavy (non-hydrogen) atoms. The van der Waals surface area contributed by atoms with Gasteiger partial charge < -0.3 is 4.42 Å². The fourth-order valence-electron chi connectivity index (χ4n) is 7.61. The maximum absolute atomic E-state index is 6.49. The lowest BCUT2D eigenvalue weighted by atomic mass is 9.85. The average molecular weight is 597 g/mol. The van der Waals surface area contributed by atoms with Crippen molar-refractivity contribution in [2.45, 2.75) is 0 Å². The monoisotopic (exact) mass is 596 g/mol. The smallest absolute Gasteiger partial charge is 0.143 e. The number of furan rings is 1. The topological polar surface area (TPSA) is 13.1 Å². The van der Waals surface area contributed by atoms with Crippen molar-refractivity contribution in [3.8, 4) is 33.4 Å². The first-order valence-corrected chi connectivity index (χ1v) is 16.2. The van der Waals surface area contributed by atoms with Gasteiger partial charge in [-0.1, -0.05) is 146 Å². The first kappa shape index (κ1) is 26.1. The van der Waals surface area contributed by atoms with E-state index in [1.165, 1.54) is 65.5 Å². The van der Waals surface area contributed by atoms with Gasteiger partial charge in [0.15, 0.2) is 0 Å². The average Bonchev–Trinajstić information content (AvgIpc) is 3.52. The third-order valence-corrected chi connectivity index (χ3v) is 9.84. The molecule has 1 heteroatoms. The lowest BCUT2D eigenvalue weighted by Crippen LogP contribution is -1.91. The van der Waals surface area contributed by atoms with Gasteiger partial charge in [0.05, 0.1) is 0 Å². The molecule has 0 spiro atoms. The standard InChI is InChI=1S/C46H28O/c1-2-11-33-27-35(22-19-29(33)9-1)45-40-15-7-5-13-38(40)44(39-14-6-8-16-41(39)45)32-20-17-30(18-21-32)34-24-25-37-42-26-23-31-10-3-4-12-36(31)46(42)47-43(37)28-34/h1-28H. The molecule has 0 saturated carbocycles. The fraction of sp³-hybridized carbons (Fsp3) is 0. The molecule has 0 bridgehead atoms. The highest BCUT2D eigenvalue weighted by Gasteiger charge is 2.17. The molecule has 0 radical (unpaired) electrons. The van der Waals surface area contributed by atoms with Crippen molar-refractivity contribution in [1.29, 1.82) is 0 Å². The lowest BCUT2D eigenvalue weighted by Gasteiger charge is -2.18. The van der Waals surface area contributed by atoms with Crippen LogP contribution < -0.4 is 0 Å². The van der Waals surface area contributed by atoms with Crippen molar-refractivity contribution in [2.24, 2.45) is 0 Å². The molecule has 0 aliphatic carbocycles. The van der Waals surface area contributed by atoms with E-state index in [4.69, 9.17) is 4.42 Å². The largest absolute Gasteiger partial charge is 0.455 e. The first-order chi connectivity index (χ1) is 23.3. The van der Waals surface area contributed by atoms with Crippen LogP contribution in [0.1, 0.15) is 0 Å². The van der Waals surface area contributed by atoms with Gasteiger partial charge in [-0.2, -0.15) is 0 Å². The van der Waals surface area contributed by atoms with Crippen LogP contribution in [-0.4, -0.2) is 0 Å². The van der Waals surface area contributed by atoms with Gasteiger partial charge in [0.2, 0.25) is 0 Å². The van der Waals surface area contributed by atoms with Crippen molar-refractivity contribution in [1.82, 2.24) is 0 Å². The minimum atomic E-state index is 0.916. The van der Waals surface area contributed by atoms with Crippen LogP contribution in [0.5, 0.6) is 0 Å². The van der Waals surface area contributed by atoms with Crippen LogP contribution in [0.2, 0.25) is 0 Å². The van der Waals surface area contributed by atoms with Gasteiger partial charge in [0.1, 0.15) is 11.2 Å². The number of benzene rings is 9. The zero-order valence-corrected chi connectivity index (χ0v) is 25.6. The van der Waals surface area contributed by atoms with Crippen molar-refractivity contribution in [2.75, 3.05) is 0 Å². The highest BCUT2D eigenvalue weighted by atomic mass is 16.3. The van der Waals surface area contributed by atoms with Gasteiger partial charge in [-0.05, 0) is 95.3 Å². The summed E-state index contributed by atoms with van der Waals surface area (Å²) in [6.45, 7) is 0. The molecule has 218 valence electrons. The molecule has 0 amide bonds. The first-order valence-electron chi connectivity index (χ1n) is 16.2. The second-order valence-corrected chi connectivity index (χ2v) is 12.5. The zero-order chi connectivity index (χ0) is 30.9. The van der Waals surface area contributed by atoms with Crippen LogP contribution in [0, 0.1) is 0 Å². The third-order valence-electron chi connectivity index (χ3n) is 9.84. The SMILES string of the molecule is c1ccc2cc(-c3c4ccccc4c(-c4ccc(-c5ccc6c(c5)oc5c7ccccc7ccc65)cc4)c4ccccc34)ccc2c1. The molecular formula is C46H28O. The normalized spacial score (nSPS) is 11.8. The second kappa shape index (κ2) is 10.2. The molecule has 9 aromatic carbocycles. The number of rotatable bonds is 3. The van der Waals surface area contributed by atoms with Crippen LogP contribution in [0.3, 0.4) is 0 Å².